The maximum atomic E-state index is 12.1. The highest BCUT2D eigenvalue weighted by molar-refractivity contribution is 5.91. The van der Waals surface area contributed by atoms with E-state index in [0.29, 0.717) is 0 Å². The lowest BCUT2D eigenvalue weighted by Gasteiger charge is -2.32. The number of nitrogens with zero attached hydrogens (tertiary/aromatic N) is 1. The van der Waals surface area contributed by atoms with Crippen LogP contribution in [-0.4, -0.2) is 29.7 Å². The number of amides is 1. The third-order valence-electron chi connectivity index (χ3n) is 5.32. The number of carbonyl (C=O) groups is 1. The second kappa shape index (κ2) is 6.91. The molecule has 4 heteroatoms. The zero-order valence-electron chi connectivity index (χ0n) is 14.1. The molecule has 0 bridgehead atoms. The van der Waals surface area contributed by atoms with Crippen LogP contribution >= 0.6 is 0 Å². The Bertz CT molecular complexity index is 527. The minimum absolute atomic E-state index is 0.0889. The van der Waals surface area contributed by atoms with Crippen LogP contribution in [0.1, 0.15) is 51.9 Å². The molecular formula is C19H28N2O2. The summed E-state index contributed by atoms with van der Waals surface area (Å²) in [5.41, 5.74) is 1.25. The van der Waals surface area contributed by atoms with Crippen LogP contribution < -0.4 is 10.2 Å². The average molecular weight is 316 g/mol. The van der Waals surface area contributed by atoms with Gasteiger partial charge in [0.15, 0.2) is 0 Å². The minimum atomic E-state index is -0.783. The van der Waals surface area contributed by atoms with Crippen LogP contribution in [0.4, 0.5) is 11.4 Å². The van der Waals surface area contributed by atoms with Gasteiger partial charge in [0.2, 0.25) is 5.91 Å². The van der Waals surface area contributed by atoms with E-state index >= 15 is 0 Å². The third kappa shape index (κ3) is 4.25. The Labute approximate surface area is 138 Å². The van der Waals surface area contributed by atoms with Gasteiger partial charge in [0, 0.05) is 24.5 Å². The Morgan fingerprint density at radius 3 is 2.43 bits per heavy atom. The first-order valence-corrected chi connectivity index (χ1v) is 8.91. The van der Waals surface area contributed by atoms with E-state index in [1.807, 2.05) is 12.1 Å². The molecule has 0 atom stereocenters. The third-order valence-corrected chi connectivity index (χ3v) is 5.32. The highest BCUT2D eigenvalue weighted by Gasteiger charge is 2.33. The fourth-order valence-corrected chi connectivity index (χ4v) is 3.74. The van der Waals surface area contributed by atoms with E-state index in [4.69, 9.17) is 0 Å². The van der Waals surface area contributed by atoms with Crippen molar-refractivity contribution >= 4 is 17.3 Å². The fraction of sp³-hybridized carbons (Fsp3) is 0.632. The molecule has 1 aromatic rings. The maximum Gasteiger partial charge on any atom is 0.227 e. The van der Waals surface area contributed by atoms with Gasteiger partial charge in [-0.15, -0.1) is 0 Å². The highest BCUT2D eigenvalue weighted by Crippen LogP contribution is 2.32. The first-order valence-electron chi connectivity index (χ1n) is 8.91. The van der Waals surface area contributed by atoms with Crippen molar-refractivity contribution in [3.8, 4) is 0 Å². The van der Waals surface area contributed by atoms with E-state index in [2.05, 4.69) is 29.3 Å². The van der Waals surface area contributed by atoms with Gasteiger partial charge in [0.25, 0.3) is 0 Å². The fourth-order valence-electron chi connectivity index (χ4n) is 3.74. The number of hydrogen-bond donors (Lipinski definition) is 2. The van der Waals surface area contributed by atoms with Gasteiger partial charge in [-0.3, -0.25) is 4.79 Å². The summed E-state index contributed by atoms with van der Waals surface area (Å²) in [6, 6.07) is 8.08. The smallest absolute Gasteiger partial charge is 0.227 e. The Morgan fingerprint density at radius 2 is 1.83 bits per heavy atom. The van der Waals surface area contributed by atoms with E-state index in [-0.39, 0.29) is 12.3 Å². The van der Waals surface area contributed by atoms with Crippen molar-refractivity contribution in [2.45, 2.75) is 57.5 Å². The molecule has 0 radical (unpaired) electrons. The number of piperidine rings is 1. The molecule has 0 spiro atoms. The lowest BCUT2D eigenvalue weighted by Crippen LogP contribution is -2.32. The molecule has 0 unspecified atom stereocenters. The molecular weight excluding hydrogens is 288 g/mol. The van der Waals surface area contributed by atoms with Gasteiger partial charge >= 0.3 is 0 Å². The largest absolute Gasteiger partial charge is 0.389 e. The topological polar surface area (TPSA) is 52.6 Å². The molecule has 1 aliphatic carbocycles. The predicted molar refractivity (Wildman–Crippen MR) is 93.7 cm³/mol. The van der Waals surface area contributed by atoms with Gasteiger partial charge in [-0.05, 0) is 55.9 Å². The van der Waals surface area contributed by atoms with Crippen molar-refractivity contribution in [2.75, 3.05) is 23.3 Å². The van der Waals surface area contributed by atoms with Crippen LogP contribution in [0, 0.1) is 5.92 Å². The van der Waals surface area contributed by atoms with Crippen LogP contribution in [0.25, 0.3) is 0 Å². The van der Waals surface area contributed by atoms with E-state index in [0.717, 1.165) is 50.4 Å². The maximum absolute atomic E-state index is 12.1. The van der Waals surface area contributed by atoms with Crippen molar-refractivity contribution in [1.29, 1.82) is 0 Å². The molecule has 1 aliphatic heterocycles. The second-order valence-electron chi connectivity index (χ2n) is 7.37. The molecule has 2 aliphatic rings. The number of anilines is 2. The first-order chi connectivity index (χ1) is 11.0. The summed E-state index contributed by atoms with van der Waals surface area (Å²) in [6.45, 7) is 4.54. The van der Waals surface area contributed by atoms with Crippen LogP contribution in [0.5, 0.6) is 0 Å². The summed E-state index contributed by atoms with van der Waals surface area (Å²) in [6.07, 6.45) is 6.23. The summed E-state index contributed by atoms with van der Waals surface area (Å²) >= 11 is 0. The minimum Gasteiger partial charge on any atom is -0.389 e. The Kier molecular flexibility index (Phi) is 4.90. The Balaban J connectivity index is 1.54. The quantitative estimate of drug-likeness (QED) is 0.893. The molecule has 4 nitrogen and oxygen atoms in total. The summed E-state index contributed by atoms with van der Waals surface area (Å²) in [5.74, 6) is 0.736. The van der Waals surface area contributed by atoms with E-state index < -0.39 is 5.60 Å². The van der Waals surface area contributed by atoms with Crippen LogP contribution in [0.2, 0.25) is 0 Å². The van der Waals surface area contributed by atoms with Crippen LogP contribution in [0.15, 0.2) is 24.3 Å². The molecule has 126 valence electrons. The van der Waals surface area contributed by atoms with Crippen molar-refractivity contribution in [3.63, 3.8) is 0 Å². The second-order valence-corrected chi connectivity index (χ2v) is 7.37. The molecule has 1 heterocycles. The zero-order valence-corrected chi connectivity index (χ0v) is 14.1. The summed E-state index contributed by atoms with van der Waals surface area (Å²) < 4.78 is 0. The van der Waals surface area contributed by atoms with Gasteiger partial charge < -0.3 is 15.3 Å². The summed E-state index contributed by atoms with van der Waals surface area (Å²) in [4.78, 5) is 14.5. The lowest BCUT2D eigenvalue weighted by atomic mass is 9.97. The van der Waals surface area contributed by atoms with Crippen molar-refractivity contribution < 1.29 is 9.90 Å². The number of benzene rings is 1. The number of carbonyl (C=O) groups excluding carboxylic acids is 1. The molecule has 0 aromatic heterocycles. The number of nitrogens with one attached hydrogen (secondary N) is 1. The molecule has 2 fully saturated rings. The lowest BCUT2D eigenvalue weighted by molar-refractivity contribution is -0.120. The normalized spacial score (nSPS) is 21.4. The molecule has 1 saturated heterocycles. The van der Waals surface area contributed by atoms with Crippen molar-refractivity contribution in [1.82, 2.24) is 0 Å². The van der Waals surface area contributed by atoms with E-state index in [1.165, 1.54) is 18.5 Å². The zero-order chi connectivity index (χ0) is 16.3. The van der Waals surface area contributed by atoms with E-state index in [9.17, 15) is 9.90 Å². The van der Waals surface area contributed by atoms with Crippen molar-refractivity contribution in [3.05, 3.63) is 24.3 Å². The van der Waals surface area contributed by atoms with Crippen LogP contribution in [0.3, 0.4) is 0 Å². The first kappa shape index (κ1) is 16.3. The number of rotatable bonds is 4. The van der Waals surface area contributed by atoms with Gasteiger partial charge in [-0.1, -0.05) is 19.8 Å². The number of hydrogen-bond acceptors (Lipinski definition) is 3. The molecule has 23 heavy (non-hydrogen) atoms. The van der Waals surface area contributed by atoms with Gasteiger partial charge in [0.05, 0.1) is 12.0 Å². The summed E-state index contributed by atoms with van der Waals surface area (Å²) in [5, 5.41) is 13.2. The summed E-state index contributed by atoms with van der Waals surface area (Å²) in [7, 11) is 0. The number of aliphatic hydroxyl groups is 1. The van der Waals surface area contributed by atoms with Crippen LogP contribution in [-0.2, 0) is 4.79 Å². The van der Waals surface area contributed by atoms with Gasteiger partial charge in [-0.2, -0.15) is 0 Å². The molecule has 2 N–H and O–H groups in total. The average Bonchev–Trinajstić information content (AvgIpc) is 2.95. The molecule has 1 aromatic carbocycles. The SMILES string of the molecule is CC1CCN(c2ccc(NC(=O)CC3(O)CCCC3)cc2)CC1. The monoisotopic (exact) mass is 316 g/mol. The highest BCUT2D eigenvalue weighted by atomic mass is 16.3. The van der Waals surface area contributed by atoms with Crippen molar-refractivity contribution in [2.24, 2.45) is 5.92 Å². The van der Waals surface area contributed by atoms with Gasteiger partial charge in [0.1, 0.15) is 0 Å². The molecule has 3 rings (SSSR count). The Hall–Kier alpha value is -1.55. The van der Waals surface area contributed by atoms with Gasteiger partial charge in [-0.25, -0.2) is 0 Å². The molecule has 1 saturated carbocycles. The van der Waals surface area contributed by atoms with E-state index in [1.54, 1.807) is 0 Å². The molecule has 1 amide bonds. The standard InChI is InChI=1S/C19H28N2O2/c1-15-8-12-21(13-9-15)17-6-4-16(5-7-17)20-18(22)14-19(23)10-2-3-11-19/h4-7,15,23H,2-3,8-14H2,1H3,(H,20,22). The predicted octanol–water partition coefficient (Wildman–Crippen LogP) is 3.56. The Morgan fingerprint density at radius 1 is 1.22 bits per heavy atom.